The number of aromatic nitrogens is 1. The van der Waals surface area contributed by atoms with Crippen LogP contribution in [0.2, 0.25) is 0 Å². The van der Waals surface area contributed by atoms with Crippen molar-refractivity contribution in [3.63, 3.8) is 0 Å². The summed E-state index contributed by atoms with van der Waals surface area (Å²) in [6, 6.07) is 3.99. The molecule has 1 aromatic heterocycles. The number of sulfonamides is 1. The number of nitrogens with zero attached hydrogens (tertiary/aromatic N) is 3. The quantitative estimate of drug-likeness (QED) is 0.484. The summed E-state index contributed by atoms with van der Waals surface area (Å²) in [7, 11) is -1.98. The molecular weight excluding hydrogens is 502 g/mol. The summed E-state index contributed by atoms with van der Waals surface area (Å²) in [5.74, 6) is 0.431. The van der Waals surface area contributed by atoms with Crippen LogP contribution in [0.15, 0.2) is 22.7 Å². The van der Waals surface area contributed by atoms with Gasteiger partial charge in [0.15, 0.2) is 5.76 Å². The molecule has 0 saturated heterocycles. The highest BCUT2D eigenvalue weighted by atomic mass is 32.2. The van der Waals surface area contributed by atoms with Gasteiger partial charge in [-0.05, 0) is 39.0 Å². The van der Waals surface area contributed by atoms with Crippen LogP contribution in [0.4, 0.5) is 16.2 Å². The summed E-state index contributed by atoms with van der Waals surface area (Å²) < 4.78 is 36.7. The molecule has 0 spiro atoms. The summed E-state index contributed by atoms with van der Waals surface area (Å²) >= 11 is 0. The van der Waals surface area contributed by atoms with E-state index in [1.54, 1.807) is 43.9 Å². The summed E-state index contributed by atoms with van der Waals surface area (Å²) in [5, 5.41) is 19.0. The second-order valence-electron chi connectivity index (χ2n) is 9.53. The van der Waals surface area contributed by atoms with E-state index in [-0.39, 0.29) is 37.9 Å². The summed E-state index contributed by atoms with van der Waals surface area (Å²) in [6.45, 7) is 7.16. The third-order valence-corrected chi connectivity index (χ3v) is 7.73. The number of hydrogen-bond donors (Lipinski definition) is 3. The van der Waals surface area contributed by atoms with Gasteiger partial charge in [-0.25, -0.2) is 17.5 Å². The lowest BCUT2D eigenvalue weighted by Crippen LogP contribution is -2.48. The Bertz CT molecular complexity index is 1230. The highest BCUT2D eigenvalue weighted by Crippen LogP contribution is 2.29. The summed E-state index contributed by atoms with van der Waals surface area (Å²) in [5.41, 5.74) is 1.97. The van der Waals surface area contributed by atoms with Crippen LogP contribution in [0.1, 0.15) is 30.9 Å². The van der Waals surface area contributed by atoms with E-state index in [1.807, 2.05) is 6.92 Å². The van der Waals surface area contributed by atoms with Gasteiger partial charge in [-0.2, -0.15) is 0 Å². The molecule has 3 rings (SSSR count). The molecule has 0 fully saturated rings. The highest BCUT2D eigenvalue weighted by molar-refractivity contribution is 7.88. The van der Waals surface area contributed by atoms with Crippen molar-refractivity contribution >= 4 is 33.3 Å². The monoisotopic (exact) mass is 537 g/mol. The third-order valence-electron chi connectivity index (χ3n) is 6.45. The number of urea groups is 1. The molecule has 37 heavy (non-hydrogen) atoms. The van der Waals surface area contributed by atoms with E-state index in [4.69, 9.17) is 9.26 Å². The van der Waals surface area contributed by atoms with Gasteiger partial charge in [0.05, 0.1) is 31.9 Å². The number of anilines is 2. The molecule has 0 bridgehead atoms. The minimum Gasteiger partial charge on any atom is -0.488 e. The maximum absolute atomic E-state index is 13.3. The lowest BCUT2D eigenvalue weighted by molar-refractivity contribution is -0.134. The van der Waals surface area contributed by atoms with Crippen molar-refractivity contribution < 1.29 is 32.4 Å². The van der Waals surface area contributed by atoms with E-state index in [9.17, 15) is 23.1 Å². The number of aliphatic hydroxyl groups is 1. The van der Waals surface area contributed by atoms with Crippen LogP contribution in [0.3, 0.4) is 0 Å². The van der Waals surface area contributed by atoms with Crippen molar-refractivity contribution in [3.8, 4) is 5.75 Å². The molecule has 2 heterocycles. The van der Waals surface area contributed by atoms with E-state index < -0.39 is 28.2 Å². The molecule has 13 heteroatoms. The van der Waals surface area contributed by atoms with Crippen molar-refractivity contribution in [2.45, 2.75) is 46.3 Å². The zero-order chi connectivity index (χ0) is 27.5. The number of aliphatic hydroxyl groups excluding tert-OH is 1. The molecule has 3 atom stereocenters. The van der Waals surface area contributed by atoms with Crippen molar-refractivity contribution in [3.05, 3.63) is 35.2 Å². The minimum absolute atomic E-state index is 0.0258. The first-order valence-corrected chi connectivity index (χ1v) is 13.8. The van der Waals surface area contributed by atoms with Gasteiger partial charge < -0.3 is 29.9 Å². The largest absolute Gasteiger partial charge is 0.488 e. The number of carbonyl (C=O) groups is 2. The van der Waals surface area contributed by atoms with Gasteiger partial charge >= 0.3 is 6.03 Å². The number of rotatable bonds is 7. The van der Waals surface area contributed by atoms with E-state index in [0.29, 0.717) is 34.1 Å². The number of nitrogens with one attached hydrogen (secondary N) is 2. The first-order valence-electron chi connectivity index (χ1n) is 11.9. The van der Waals surface area contributed by atoms with Crippen LogP contribution in [0.5, 0.6) is 5.75 Å². The molecule has 3 N–H and O–H groups in total. The van der Waals surface area contributed by atoms with Crippen LogP contribution in [-0.2, 0) is 21.2 Å². The average molecular weight is 538 g/mol. The van der Waals surface area contributed by atoms with Crippen molar-refractivity contribution in [2.24, 2.45) is 5.92 Å². The number of hydrogen-bond acceptors (Lipinski definition) is 8. The summed E-state index contributed by atoms with van der Waals surface area (Å²) in [6.07, 6.45) is 0.525. The molecule has 204 valence electrons. The Balaban J connectivity index is 1.91. The van der Waals surface area contributed by atoms with Gasteiger partial charge in [0.2, 0.25) is 15.9 Å². The molecule has 0 aliphatic carbocycles. The minimum atomic E-state index is -3.46. The van der Waals surface area contributed by atoms with Gasteiger partial charge in [0, 0.05) is 30.8 Å². The Hall–Kier alpha value is -3.16. The van der Waals surface area contributed by atoms with Gasteiger partial charge in [0.1, 0.15) is 23.2 Å². The van der Waals surface area contributed by atoms with Crippen LogP contribution in [0.25, 0.3) is 0 Å². The Morgan fingerprint density at radius 3 is 2.62 bits per heavy atom. The number of amides is 3. The Kier molecular flexibility index (Phi) is 8.82. The van der Waals surface area contributed by atoms with Crippen LogP contribution in [-0.4, -0.2) is 85.0 Å². The zero-order valence-corrected chi connectivity index (χ0v) is 22.8. The highest BCUT2D eigenvalue weighted by Gasteiger charge is 2.32. The molecule has 3 amide bonds. The first kappa shape index (κ1) is 28.4. The molecule has 1 aliphatic heterocycles. The second-order valence-corrected chi connectivity index (χ2v) is 11.6. The SMILES string of the molecule is Cc1noc(C)c1NC(=O)Nc1ccc2c(c1)CC(=O)N([C@@H](C)CO)C[C@@H](C)[C@@H](CN(C)S(C)(=O)=O)O2. The van der Waals surface area contributed by atoms with Crippen molar-refractivity contribution in [1.82, 2.24) is 14.4 Å². The fourth-order valence-corrected chi connectivity index (χ4v) is 4.47. The molecule has 1 aliphatic rings. The van der Waals surface area contributed by atoms with Crippen LogP contribution >= 0.6 is 0 Å². The van der Waals surface area contributed by atoms with Gasteiger partial charge in [0.25, 0.3) is 0 Å². The normalized spacial score (nSPS) is 19.4. The molecule has 2 aromatic rings. The van der Waals surface area contributed by atoms with Gasteiger partial charge in [-0.15, -0.1) is 0 Å². The number of aryl methyl sites for hydroxylation is 2. The maximum atomic E-state index is 13.3. The number of benzene rings is 1. The number of carbonyl (C=O) groups excluding carboxylic acids is 2. The molecule has 0 radical (unpaired) electrons. The lowest BCUT2D eigenvalue weighted by Gasteiger charge is -2.33. The van der Waals surface area contributed by atoms with E-state index in [1.165, 1.54) is 11.4 Å². The van der Waals surface area contributed by atoms with Crippen molar-refractivity contribution in [2.75, 3.05) is 43.6 Å². The average Bonchev–Trinajstić information content (AvgIpc) is 3.15. The Labute approximate surface area is 217 Å². The fourth-order valence-electron chi connectivity index (χ4n) is 4.05. The van der Waals surface area contributed by atoms with Gasteiger partial charge in [-0.1, -0.05) is 12.1 Å². The van der Waals surface area contributed by atoms with Gasteiger partial charge in [-0.3, -0.25) is 4.79 Å². The van der Waals surface area contributed by atoms with Crippen LogP contribution in [0, 0.1) is 19.8 Å². The maximum Gasteiger partial charge on any atom is 0.323 e. The van der Waals surface area contributed by atoms with Crippen LogP contribution < -0.4 is 15.4 Å². The van der Waals surface area contributed by atoms with E-state index >= 15 is 0 Å². The lowest BCUT2D eigenvalue weighted by atomic mass is 10.0. The molecule has 1 aromatic carbocycles. The number of ether oxygens (including phenoxy) is 1. The molecule has 0 saturated carbocycles. The topological polar surface area (TPSA) is 154 Å². The van der Waals surface area contributed by atoms with E-state index in [0.717, 1.165) is 6.26 Å². The number of fused-ring (bicyclic) bond motifs is 1. The third kappa shape index (κ3) is 6.99. The predicted octanol–water partition coefficient (Wildman–Crippen LogP) is 1.98. The Morgan fingerprint density at radius 2 is 2.03 bits per heavy atom. The van der Waals surface area contributed by atoms with E-state index in [2.05, 4.69) is 15.8 Å². The summed E-state index contributed by atoms with van der Waals surface area (Å²) in [4.78, 5) is 27.5. The Morgan fingerprint density at radius 1 is 1.32 bits per heavy atom. The molecular formula is C24H35N5O7S. The number of likely N-dealkylation sites (N-methyl/N-ethyl adjacent to an activating group) is 1. The molecule has 0 unspecified atom stereocenters. The first-order chi connectivity index (χ1) is 17.3. The zero-order valence-electron chi connectivity index (χ0n) is 21.9. The smallest absolute Gasteiger partial charge is 0.323 e. The standard InChI is InChI=1S/C24H35N5O7S/c1-14-11-29(15(2)13-30)22(31)10-18-9-19(25-24(32)26-23-16(3)27-36-17(23)4)7-8-20(18)35-21(14)12-28(5)37(6,33)34/h7-9,14-15,21,30H,10-13H2,1-6H3,(H2,25,26,32)/t14-,15+,21-/m1/s1. The molecule has 12 nitrogen and oxygen atoms in total. The predicted molar refractivity (Wildman–Crippen MR) is 138 cm³/mol. The second kappa shape index (κ2) is 11.5. The fraction of sp³-hybridized carbons (Fsp3) is 0.542. The van der Waals surface area contributed by atoms with Crippen molar-refractivity contribution in [1.29, 1.82) is 0 Å².